The fraction of sp³-hybridized carbons (Fsp3) is 0.818. The van der Waals surface area contributed by atoms with Gasteiger partial charge in [0.05, 0.1) is 0 Å². The van der Waals surface area contributed by atoms with Crippen molar-refractivity contribution in [1.82, 2.24) is 9.80 Å². The summed E-state index contributed by atoms with van der Waals surface area (Å²) in [5.41, 5.74) is 0. The molecule has 0 spiro atoms. The molecule has 0 N–H and O–H groups in total. The largest absolute Gasteiger partial charge is 0.336 e. The van der Waals surface area contributed by atoms with E-state index in [1.165, 1.54) is 4.90 Å². The Morgan fingerprint density at radius 1 is 1.56 bits per heavy atom. The molecule has 92 valence electrons. The van der Waals surface area contributed by atoms with Crippen LogP contribution >= 0.6 is 9.24 Å². The summed E-state index contributed by atoms with van der Waals surface area (Å²) < 4.78 is 0. The van der Waals surface area contributed by atoms with Crippen LogP contribution < -0.4 is 0 Å². The van der Waals surface area contributed by atoms with Gasteiger partial charge in [0, 0.05) is 19.4 Å². The average molecular weight is 244 g/mol. The summed E-state index contributed by atoms with van der Waals surface area (Å²) >= 11 is 0. The van der Waals surface area contributed by atoms with Gasteiger partial charge in [0.1, 0.15) is 6.04 Å². The van der Waals surface area contributed by atoms with Crippen molar-refractivity contribution in [2.75, 3.05) is 13.6 Å². The summed E-state index contributed by atoms with van der Waals surface area (Å²) in [6.07, 6.45) is 2.82. The molecule has 1 fully saturated rings. The SMILES string of the molecule is CC(C)[C@@H](C(=O)N1CCC[C@H]1P)N(C)C=O. The molecule has 1 unspecified atom stereocenters. The van der Waals surface area contributed by atoms with E-state index in [9.17, 15) is 9.59 Å². The van der Waals surface area contributed by atoms with Gasteiger partial charge < -0.3 is 9.80 Å². The molecular formula is C11H21N2O2P. The van der Waals surface area contributed by atoms with E-state index in [0.717, 1.165) is 25.8 Å². The highest BCUT2D eigenvalue weighted by Crippen LogP contribution is 2.25. The molecule has 0 aromatic carbocycles. The number of carbonyl (C=O) groups excluding carboxylic acids is 2. The maximum Gasteiger partial charge on any atom is 0.246 e. The van der Waals surface area contributed by atoms with E-state index in [-0.39, 0.29) is 23.6 Å². The molecule has 0 aliphatic carbocycles. The number of hydrogen-bond acceptors (Lipinski definition) is 2. The van der Waals surface area contributed by atoms with E-state index in [2.05, 4.69) is 9.24 Å². The van der Waals surface area contributed by atoms with Crippen LogP contribution in [0.25, 0.3) is 0 Å². The molecule has 3 atom stereocenters. The molecule has 0 aromatic rings. The van der Waals surface area contributed by atoms with Gasteiger partial charge in [-0.1, -0.05) is 13.8 Å². The van der Waals surface area contributed by atoms with Gasteiger partial charge in [0.15, 0.2) is 0 Å². The summed E-state index contributed by atoms with van der Waals surface area (Å²) in [5.74, 6) is 0.441. The van der Waals surface area contributed by atoms with Crippen molar-refractivity contribution in [2.24, 2.45) is 5.92 Å². The molecule has 1 rings (SSSR count). The summed E-state index contributed by atoms with van der Waals surface area (Å²) in [4.78, 5) is 26.5. The van der Waals surface area contributed by atoms with E-state index >= 15 is 0 Å². The Morgan fingerprint density at radius 2 is 2.19 bits per heavy atom. The van der Waals surface area contributed by atoms with Crippen molar-refractivity contribution in [1.29, 1.82) is 0 Å². The summed E-state index contributed by atoms with van der Waals surface area (Å²) in [5, 5.41) is 0. The first kappa shape index (κ1) is 13.4. The number of rotatable bonds is 4. The number of likely N-dealkylation sites (N-methyl/N-ethyl adjacent to an activating group) is 1. The topological polar surface area (TPSA) is 40.6 Å². The zero-order valence-corrected chi connectivity index (χ0v) is 11.4. The number of likely N-dealkylation sites (tertiary alicyclic amines) is 1. The Balaban J connectivity index is 2.78. The third kappa shape index (κ3) is 2.73. The standard InChI is InChI=1S/C11H21N2O2P/c1-8(2)10(12(3)7-14)11(15)13-6-4-5-9(13)16/h7-10H,4-6,16H2,1-3H3/t9-,10+/m1/s1. The van der Waals surface area contributed by atoms with Crippen molar-refractivity contribution >= 4 is 21.6 Å². The second-order valence-corrected chi connectivity index (χ2v) is 5.47. The van der Waals surface area contributed by atoms with Gasteiger partial charge in [0.25, 0.3) is 0 Å². The predicted molar refractivity (Wildman–Crippen MR) is 66.9 cm³/mol. The highest BCUT2D eigenvalue weighted by molar-refractivity contribution is 7.17. The number of carbonyl (C=O) groups is 2. The fourth-order valence-corrected chi connectivity index (χ4v) is 2.76. The molecule has 4 nitrogen and oxygen atoms in total. The van der Waals surface area contributed by atoms with Gasteiger partial charge in [-0.25, -0.2) is 0 Å². The maximum atomic E-state index is 12.3. The molecule has 0 saturated carbocycles. The molecule has 2 amide bonds. The lowest BCUT2D eigenvalue weighted by molar-refractivity contribution is -0.141. The Labute approximate surface area is 99.6 Å². The molecule has 0 aromatic heterocycles. The number of hydrogen-bond donors (Lipinski definition) is 0. The molecule has 0 bridgehead atoms. The van der Waals surface area contributed by atoms with Crippen LogP contribution in [0.2, 0.25) is 0 Å². The molecule has 1 saturated heterocycles. The van der Waals surface area contributed by atoms with Gasteiger partial charge in [-0.05, 0) is 18.8 Å². The van der Waals surface area contributed by atoms with Gasteiger partial charge in [0.2, 0.25) is 12.3 Å². The van der Waals surface area contributed by atoms with Crippen LogP contribution in [0.4, 0.5) is 0 Å². The summed E-state index contributed by atoms with van der Waals surface area (Å²) in [6, 6.07) is -0.335. The molecular weight excluding hydrogens is 223 g/mol. The molecule has 0 radical (unpaired) electrons. The van der Waals surface area contributed by atoms with Crippen molar-refractivity contribution in [3.05, 3.63) is 0 Å². The monoisotopic (exact) mass is 244 g/mol. The minimum Gasteiger partial charge on any atom is -0.336 e. The minimum absolute atomic E-state index is 0.0714. The maximum absolute atomic E-state index is 12.3. The first-order chi connectivity index (χ1) is 7.49. The quantitative estimate of drug-likeness (QED) is 0.545. The molecule has 1 aliphatic heterocycles. The molecule has 1 aliphatic rings. The Bertz CT molecular complexity index is 271. The van der Waals surface area contributed by atoms with E-state index in [1.807, 2.05) is 18.7 Å². The van der Waals surface area contributed by atoms with Crippen LogP contribution in [-0.2, 0) is 9.59 Å². The third-order valence-electron chi connectivity index (χ3n) is 3.07. The lowest BCUT2D eigenvalue weighted by Crippen LogP contribution is -2.50. The van der Waals surface area contributed by atoms with Gasteiger partial charge in [-0.3, -0.25) is 9.59 Å². The minimum atomic E-state index is -0.335. The van der Waals surface area contributed by atoms with Crippen LogP contribution in [0.1, 0.15) is 26.7 Å². The first-order valence-corrected chi connectivity index (χ1v) is 6.39. The smallest absolute Gasteiger partial charge is 0.246 e. The van der Waals surface area contributed by atoms with Gasteiger partial charge in [-0.15, -0.1) is 9.24 Å². The van der Waals surface area contributed by atoms with Crippen molar-refractivity contribution < 1.29 is 9.59 Å². The Kier molecular flexibility index (Phi) is 4.72. The van der Waals surface area contributed by atoms with Crippen LogP contribution in [0, 0.1) is 5.92 Å². The lowest BCUT2D eigenvalue weighted by atomic mass is 10.0. The van der Waals surface area contributed by atoms with E-state index in [1.54, 1.807) is 7.05 Å². The van der Waals surface area contributed by atoms with E-state index in [4.69, 9.17) is 0 Å². The molecule has 16 heavy (non-hydrogen) atoms. The average Bonchev–Trinajstić information content (AvgIpc) is 2.63. The molecule has 5 heteroatoms. The highest BCUT2D eigenvalue weighted by Gasteiger charge is 2.34. The van der Waals surface area contributed by atoms with Crippen molar-refractivity contribution in [3.63, 3.8) is 0 Å². The van der Waals surface area contributed by atoms with Crippen LogP contribution in [0.3, 0.4) is 0 Å². The normalized spacial score (nSPS) is 22.3. The third-order valence-corrected chi connectivity index (χ3v) is 3.77. The fourth-order valence-electron chi connectivity index (χ4n) is 2.23. The zero-order chi connectivity index (χ0) is 12.3. The van der Waals surface area contributed by atoms with Gasteiger partial charge >= 0.3 is 0 Å². The van der Waals surface area contributed by atoms with Gasteiger partial charge in [-0.2, -0.15) is 0 Å². The Hall–Kier alpha value is -0.630. The molecule has 1 heterocycles. The van der Waals surface area contributed by atoms with E-state index in [0.29, 0.717) is 0 Å². The van der Waals surface area contributed by atoms with Crippen molar-refractivity contribution in [3.8, 4) is 0 Å². The van der Waals surface area contributed by atoms with Crippen molar-refractivity contribution in [2.45, 2.75) is 38.5 Å². The van der Waals surface area contributed by atoms with Crippen LogP contribution in [0.15, 0.2) is 0 Å². The van der Waals surface area contributed by atoms with Crippen LogP contribution in [0.5, 0.6) is 0 Å². The number of amides is 2. The first-order valence-electron chi connectivity index (χ1n) is 5.72. The summed E-state index contributed by atoms with van der Waals surface area (Å²) in [6.45, 7) is 4.75. The second-order valence-electron chi connectivity index (χ2n) is 4.70. The van der Waals surface area contributed by atoms with Crippen LogP contribution in [-0.4, -0.2) is 47.5 Å². The lowest BCUT2D eigenvalue weighted by Gasteiger charge is -2.32. The number of nitrogens with zero attached hydrogens (tertiary/aromatic N) is 2. The second kappa shape index (κ2) is 5.62. The summed E-state index contributed by atoms with van der Waals surface area (Å²) in [7, 11) is 4.37. The Morgan fingerprint density at radius 3 is 2.56 bits per heavy atom. The van der Waals surface area contributed by atoms with E-state index < -0.39 is 0 Å². The zero-order valence-electron chi connectivity index (χ0n) is 10.2. The highest BCUT2D eigenvalue weighted by atomic mass is 31.0. The predicted octanol–water partition coefficient (Wildman–Crippen LogP) is 0.923.